The van der Waals surface area contributed by atoms with Gasteiger partial charge in [-0.05, 0) is 49.7 Å². The second-order valence-corrected chi connectivity index (χ2v) is 6.88. The van der Waals surface area contributed by atoms with Crippen LogP contribution in [0.25, 0.3) is 10.9 Å². The molecule has 1 N–H and O–H groups in total. The molecular weight excluding hydrogens is 310 g/mol. The number of fused-ring (bicyclic) bond motifs is 3. The van der Waals surface area contributed by atoms with Crippen molar-refractivity contribution in [3.05, 3.63) is 66.4 Å². The van der Waals surface area contributed by atoms with Gasteiger partial charge in [0.15, 0.2) is 0 Å². The molecule has 4 nitrogen and oxygen atoms in total. The Labute approximate surface area is 146 Å². The van der Waals surface area contributed by atoms with Crippen LogP contribution in [0.5, 0.6) is 0 Å². The molecule has 124 valence electrons. The third-order valence-electron chi connectivity index (χ3n) is 5.56. The highest BCUT2D eigenvalue weighted by Gasteiger charge is 2.51. The van der Waals surface area contributed by atoms with Crippen molar-refractivity contribution >= 4 is 28.2 Å². The summed E-state index contributed by atoms with van der Waals surface area (Å²) in [5.74, 6) is 0.187. The quantitative estimate of drug-likeness (QED) is 0.743. The standard InChI is InChI=1S/C21H19N3O/c25-20-21(9-11-22-12-10-21)17-6-2-4-8-19(17)24(20)16-13-15-5-1-3-7-18(15)23-14-16/h1-8,13-14,22H,9-12H2. The zero-order chi connectivity index (χ0) is 16.9. The van der Waals surface area contributed by atoms with Gasteiger partial charge in [0.25, 0.3) is 0 Å². The van der Waals surface area contributed by atoms with Crippen molar-refractivity contribution < 1.29 is 4.79 Å². The van der Waals surface area contributed by atoms with E-state index in [1.54, 1.807) is 0 Å². The second-order valence-electron chi connectivity index (χ2n) is 6.88. The Morgan fingerprint density at radius 3 is 2.64 bits per heavy atom. The monoisotopic (exact) mass is 329 g/mol. The van der Waals surface area contributed by atoms with Crippen molar-refractivity contribution in [1.82, 2.24) is 10.3 Å². The van der Waals surface area contributed by atoms with E-state index in [9.17, 15) is 4.79 Å². The van der Waals surface area contributed by atoms with Gasteiger partial charge in [-0.2, -0.15) is 0 Å². The van der Waals surface area contributed by atoms with Crippen molar-refractivity contribution in [2.45, 2.75) is 18.3 Å². The summed E-state index contributed by atoms with van der Waals surface area (Å²) in [6.07, 6.45) is 3.51. The molecule has 0 atom stereocenters. The normalized spacial score (nSPS) is 18.7. The SMILES string of the molecule is O=C1N(c2cnc3ccccc3c2)c2ccccc2C12CCNCC2. The van der Waals surface area contributed by atoms with E-state index in [0.29, 0.717) is 0 Å². The molecule has 25 heavy (non-hydrogen) atoms. The van der Waals surface area contributed by atoms with Gasteiger partial charge >= 0.3 is 0 Å². The van der Waals surface area contributed by atoms with Crippen LogP contribution in [-0.2, 0) is 10.2 Å². The molecule has 0 aliphatic carbocycles. The van der Waals surface area contributed by atoms with Gasteiger partial charge in [0.1, 0.15) is 0 Å². The lowest BCUT2D eigenvalue weighted by molar-refractivity contribution is -0.123. The largest absolute Gasteiger partial charge is 0.317 e. The number of hydrogen-bond acceptors (Lipinski definition) is 3. The highest BCUT2D eigenvalue weighted by Crippen LogP contribution is 2.49. The highest BCUT2D eigenvalue weighted by atomic mass is 16.2. The van der Waals surface area contributed by atoms with E-state index >= 15 is 0 Å². The number of piperidine rings is 1. The minimum absolute atomic E-state index is 0.187. The molecule has 3 heterocycles. The Hall–Kier alpha value is -2.72. The Balaban J connectivity index is 1.69. The van der Waals surface area contributed by atoms with Gasteiger partial charge in [0.05, 0.1) is 28.5 Å². The van der Waals surface area contributed by atoms with Gasteiger partial charge in [-0.15, -0.1) is 0 Å². The lowest BCUT2D eigenvalue weighted by Gasteiger charge is -2.33. The van der Waals surface area contributed by atoms with E-state index in [1.165, 1.54) is 0 Å². The average molecular weight is 329 g/mol. The summed E-state index contributed by atoms with van der Waals surface area (Å²) in [6, 6.07) is 18.3. The second kappa shape index (κ2) is 5.39. The van der Waals surface area contributed by atoms with Gasteiger partial charge in [-0.3, -0.25) is 14.7 Å². The van der Waals surface area contributed by atoms with E-state index in [2.05, 4.69) is 28.5 Å². The Morgan fingerprint density at radius 2 is 1.76 bits per heavy atom. The van der Waals surface area contributed by atoms with Crippen LogP contribution in [0.4, 0.5) is 11.4 Å². The zero-order valence-corrected chi connectivity index (χ0v) is 13.9. The van der Waals surface area contributed by atoms with Crippen LogP contribution >= 0.6 is 0 Å². The van der Waals surface area contributed by atoms with Crippen molar-refractivity contribution in [3.63, 3.8) is 0 Å². The molecule has 2 aliphatic heterocycles. The van der Waals surface area contributed by atoms with Crippen molar-refractivity contribution in [2.24, 2.45) is 0 Å². The first kappa shape index (κ1) is 14.6. The summed E-state index contributed by atoms with van der Waals surface area (Å²) in [5.41, 5.74) is 3.57. The molecule has 4 heteroatoms. The first-order chi connectivity index (χ1) is 12.3. The molecule has 0 bridgehead atoms. The van der Waals surface area contributed by atoms with E-state index in [-0.39, 0.29) is 5.91 Å². The minimum Gasteiger partial charge on any atom is -0.317 e. The number of rotatable bonds is 1. The number of benzene rings is 2. The molecule has 2 aliphatic rings. The Morgan fingerprint density at radius 1 is 1.00 bits per heavy atom. The first-order valence-electron chi connectivity index (χ1n) is 8.79. The number of para-hydroxylation sites is 2. The predicted octanol–water partition coefficient (Wildman–Crippen LogP) is 3.53. The van der Waals surface area contributed by atoms with E-state index < -0.39 is 5.41 Å². The molecule has 1 amide bonds. The molecule has 2 aromatic carbocycles. The molecular formula is C21H19N3O. The number of carbonyl (C=O) groups excluding carboxylic acids is 1. The molecule has 1 spiro atoms. The Bertz CT molecular complexity index is 976. The number of aromatic nitrogens is 1. The van der Waals surface area contributed by atoms with Gasteiger partial charge < -0.3 is 5.32 Å². The third kappa shape index (κ3) is 2.04. The summed E-state index contributed by atoms with van der Waals surface area (Å²) in [6.45, 7) is 1.76. The third-order valence-corrected chi connectivity index (χ3v) is 5.56. The van der Waals surface area contributed by atoms with Crippen LogP contribution in [0.2, 0.25) is 0 Å². The molecule has 3 aromatic rings. The lowest BCUT2D eigenvalue weighted by atomic mass is 9.74. The van der Waals surface area contributed by atoms with Crippen LogP contribution < -0.4 is 10.2 Å². The molecule has 0 saturated carbocycles. The smallest absolute Gasteiger partial charge is 0.242 e. The minimum atomic E-state index is -0.395. The maximum atomic E-state index is 13.5. The average Bonchev–Trinajstić information content (AvgIpc) is 2.91. The first-order valence-corrected chi connectivity index (χ1v) is 8.79. The summed E-state index contributed by atoms with van der Waals surface area (Å²) in [7, 11) is 0. The van der Waals surface area contributed by atoms with Crippen LogP contribution in [-0.4, -0.2) is 24.0 Å². The fraction of sp³-hybridized carbons (Fsp3) is 0.238. The lowest BCUT2D eigenvalue weighted by Crippen LogP contribution is -2.46. The number of hydrogen-bond donors (Lipinski definition) is 1. The fourth-order valence-corrected chi connectivity index (χ4v) is 4.29. The number of amides is 1. The van der Waals surface area contributed by atoms with Crippen molar-refractivity contribution in [3.8, 4) is 0 Å². The van der Waals surface area contributed by atoms with Crippen LogP contribution in [0, 0.1) is 0 Å². The summed E-state index contributed by atoms with van der Waals surface area (Å²) >= 11 is 0. The van der Waals surface area contributed by atoms with Crippen LogP contribution in [0.3, 0.4) is 0 Å². The highest BCUT2D eigenvalue weighted by molar-refractivity contribution is 6.13. The number of anilines is 2. The molecule has 1 aromatic heterocycles. The molecule has 1 saturated heterocycles. The van der Waals surface area contributed by atoms with Gasteiger partial charge in [-0.25, -0.2) is 0 Å². The van der Waals surface area contributed by atoms with Crippen molar-refractivity contribution in [2.75, 3.05) is 18.0 Å². The van der Waals surface area contributed by atoms with E-state index in [0.717, 1.165) is 53.8 Å². The zero-order valence-electron chi connectivity index (χ0n) is 13.9. The van der Waals surface area contributed by atoms with E-state index in [4.69, 9.17) is 0 Å². The number of pyridine rings is 1. The molecule has 0 unspecified atom stereocenters. The summed E-state index contributed by atoms with van der Waals surface area (Å²) in [5, 5.41) is 4.44. The summed E-state index contributed by atoms with van der Waals surface area (Å²) in [4.78, 5) is 20.0. The molecule has 0 radical (unpaired) electrons. The van der Waals surface area contributed by atoms with E-state index in [1.807, 2.05) is 47.5 Å². The summed E-state index contributed by atoms with van der Waals surface area (Å²) < 4.78 is 0. The Kier molecular flexibility index (Phi) is 3.15. The number of carbonyl (C=O) groups is 1. The van der Waals surface area contributed by atoms with Gasteiger partial charge in [0, 0.05) is 5.39 Å². The maximum absolute atomic E-state index is 13.5. The number of nitrogens with one attached hydrogen (secondary N) is 1. The topological polar surface area (TPSA) is 45.2 Å². The fourth-order valence-electron chi connectivity index (χ4n) is 4.29. The molecule has 1 fully saturated rings. The number of nitrogens with zero attached hydrogens (tertiary/aromatic N) is 2. The van der Waals surface area contributed by atoms with Crippen LogP contribution in [0.15, 0.2) is 60.8 Å². The van der Waals surface area contributed by atoms with Gasteiger partial charge in [0.2, 0.25) is 5.91 Å². The predicted molar refractivity (Wildman–Crippen MR) is 99.1 cm³/mol. The molecule has 5 rings (SSSR count). The van der Waals surface area contributed by atoms with Crippen LogP contribution in [0.1, 0.15) is 18.4 Å². The maximum Gasteiger partial charge on any atom is 0.242 e. The van der Waals surface area contributed by atoms with Gasteiger partial charge in [-0.1, -0.05) is 36.4 Å². The van der Waals surface area contributed by atoms with Crippen molar-refractivity contribution in [1.29, 1.82) is 0 Å².